The van der Waals surface area contributed by atoms with Gasteiger partial charge in [-0.2, -0.15) is 0 Å². The monoisotopic (exact) mass is 178 g/mol. The Morgan fingerprint density at radius 2 is 2.23 bits per heavy atom. The van der Waals surface area contributed by atoms with Crippen LogP contribution in [0.4, 0.5) is 5.82 Å². The number of carbonyl (C=O) groups is 1. The van der Waals surface area contributed by atoms with E-state index in [2.05, 4.69) is 9.88 Å². The molecular formula is C9H10N2O2. The van der Waals surface area contributed by atoms with Gasteiger partial charge in [0.2, 0.25) is 0 Å². The Morgan fingerprint density at radius 1 is 1.46 bits per heavy atom. The fraction of sp³-hybridized carbons (Fsp3) is 0.333. The SMILES string of the molecule is O=C(O)c1ccc(N2CCC2)nc1. The van der Waals surface area contributed by atoms with Crippen molar-refractivity contribution in [3.05, 3.63) is 23.9 Å². The number of rotatable bonds is 2. The summed E-state index contributed by atoms with van der Waals surface area (Å²) in [4.78, 5) is 16.7. The van der Waals surface area contributed by atoms with Gasteiger partial charge in [0.05, 0.1) is 5.56 Å². The van der Waals surface area contributed by atoms with E-state index >= 15 is 0 Å². The van der Waals surface area contributed by atoms with Crippen LogP contribution < -0.4 is 4.90 Å². The lowest BCUT2D eigenvalue weighted by atomic mass is 10.2. The molecule has 0 aliphatic carbocycles. The molecule has 4 heteroatoms. The van der Waals surface area contributed by atoms with Crippen LogP contribution in [0.15, 0.2) is 18.3 Å². The van der Waals surface area contributed by atoms with Crippen molar-refractivity contribution in [3.8, 4) is 0 Å². The molecule has 1 aliphatic heterocycles. The Morgan fingerprint density at radius 3 is 2.62 bits per heavy atom. The molecule has 0 atom stereocenters. The van der Waals surface area contributed by atoms with Gasteiger partial charge >= 0.3 is 5.97 Å². The van der Waals surface area contributed by atoms with Crippen LogP contribution in [-0.2, 0) is 0 Å². The van der Waals surface area contributed by atoms with E-state index < -0.39 is 5.97 Å². The highest BCUT2D eigenvalue weighted by molar-refractivity contribution is 5.87. The van der Waals surface area contributed by atoms with E-state index in [1.165, 1.54) is 12.6 Å². The lowest BCUT2D eigenvalue weighted by Crippen LogP contribution is -2.37. The molecule has 1 N–H and O–H groups in total. The molecule has 0 unspecified atom stereocenters. The molecule has 0 aromatic carbocycles. The van der Waals surface area contributed by atoms with Crippen molar-refractivity contribution in [2.45, 2.75) is 6.42 Å². The van der Waals surface area contributed by atoms with Crippen molar-refractivity contribution in [1.29, 1.82) is 0 Å². The topological polar surface area (TPSA) is 53.4 Å². The van der Waals surface area contributed by atoms with Crippen LogP contribution >= 0.6 is 0 Å². The van der Waals surface area contributed by atoms with Gasteiger partial charge in [-0.05, 0) is 18.6 Å². The molecule has 1 fully saturated rings. The van der Waals surface area contributed by atoms with E-state index in [9.17, 15) is 4.79 Å². The summed E-state index contributed by atoms with van der Waals surface area (Å²) in [5.41, 5.74) is 0.240. The van der Waals surface area contributed by atoms with Crippen LogP contribution in [0.5, 0.6) is 0 Å². The van der Waals surface area contributed by atoms with Gasteiger partial charge in [0, 0.05) is 19.3 Å². The van der Waals surface area contributed by atoms with Crippen LogP contribution in [0.3, 0.4) is 0 Å². The number of carboxylic acids is 1. The fourth-order valence-electron chi connectivity index (χ4n) is 1.24. The van der Waals surface area contributed by atoms with Gasteiger partial charge in [-0.1, -0.05) is 0 Å². The smallest absolute Gasteiger partial charge is 0.337 e. The third kappa shape index (κ3) is 1.47. The van der Waals surface area contributed by atoms with E-state index in [-0.39, 0.29) is 5.56 Å². The number of hydrogen-bond acceptors (Lipinski definition) is 3. The summed E-state index contributed by atoms with van der Waals surface area (Å²) in [5.74, 6) is -0.0566. The number of carboxylic acid groups (broad SMARTS) is 1. The first kappa shape index (κ1) is 8.04. The third-order valence-electron chi connectivity index (χ3n) is 2.17. The normalized spacial score (nSPS) is 15.2. The molecule has 1 aromatic heterocycles. The van der Waals surface area contributed by atoms with E-state index in [4.69, 9.17) is 5.11 Å². The van der Waals surface area contributed by atoms with E-state index in [1.807, 2.05) is 0 Å². The van der Waals surface area contributed by atoms with Crippen molar-refractivity contribution in [1.82, 2.24) is 4.98 Å². The van der Waals surface area contributed by atoms with E-state index in [0.29, 0.717) is 0 Å². The maximum absolute atomic E-state index is 10.5. The molecule has 1 saturated heterocycles. The van der Waals surface area contributed by atoms with Gasteiger partial charge in [0.25, 0.3) is 0 Å². The number of aromatic nitrogens is 1. The third-order valence-corrected chi connectivity index (χ3v) is 2.17. The zero-order valence-corrected chi connectivity index (χ0v) is 7.10. The first-order valence-corrected chi connectivity index (χ1v) is 4.21. The molecule has 0 amide bonds. The van der Waals surface area contributed by atoms with Crippen molar-refractivity contribution >= 4 is 11.8 Å². The Balaban J connectivity index is 2.17. The summed E-state index contributed by atoms with van der Waals surface area (Å²) in [7, 11) is 0. The van der Waals surface area contributed by atoms with Gasteiger partial charge in [-0.3, -0.25) is 0 Å². The fourth-order valence-corrected chi connectivity index (χ4v) is 1.24. The number of anilines is 1. The second kappa shape index (κ2) is 3.05. The predicted octanol–water partition coefficient (Wildman–Crippen LogP) is 0.990. The molecule has 2 rings (SSSR count). The Labute approximate surface area is 75.8 Å². The lowest BCUT2D eigenvalue weighted by Gasteiger charge is -2.31. The quantitative estimate of drug-likeness (QED) is 0.733. The second-order valence-corrected chi connectivity index (χ2v) is 3.05. The van der Waals surface area contributed by atoms with Crippen LogP contribution in [0, 0.1) is 0 Å². The van der Waals surface area contributed by atoms with Gasteiger partial charge in [-0.15, -0.1) is 0 Å². The molecule has 2 heterocycles. The molecule has 68 valence electrons. The summed E-state index contributed by atoms with van der Waals surface area (Å²) in [6, 6.07) is 3.34. The van der Waals surface area contributed by atoms with Crippen molar-refractivity contribution in [2.75, 3.05) is 18.0 Å². The molecule has 1 aliphatic rings. The summed E-state index contributed by atoms with van der Waals surface area (Å²) in [6.45, 7) is 2.05. The maximum Gasteiger partial charge on any atom is 0.337 e. The minimum atomic E-state index is -0.928. The number of pyridine rings is 1. The molecular weight excluding hydrogens is 168 g/mol. The summed E-state index contributed by atoms with van der Waals surface area (Å²) in [5, 5.41) is 8.63. The Bertz CT molecular complexity index is 317. The van der Waals surface area contributed by atoms with Crippen LogP contribution in [0.2, 0.25) is 0 Å². The highest BCUT2D eigenvalue weighted by Crippen LogP contribution is 2.17. The van der Waals surface area contributed by atoms with Gasteiger partial charge in [-0.25, -0.2) is 9.78 Å². The molecule has 0 bridgehead atoms. The maximum atomic E-state index is 10.5. The number of hydrogen-bond donors (Lipinski definition) is 1. The Hall–Kier alpha value is -1.58. The average Bonchev–Trinajstić information content (AvgIpc) is 2.02. The van der Waals surface area contributed by atoms with Crippen molar-refractivity contribution in [2.24, 2.45) is 0 Å². The Kier molecular flexibility index (Phi) is 1.88. The van der Waals surface area contributed by atoms with Crippen molar-refractivity contribution < 1.29 is 9.90 Å². The molecule has 13 heavy (non-hydrogen) atoms. The van der Waals surface area contributed by atoms with Crippen LogP contribution in [0.1, 0.15) is 16.8 Å². The van der Waals surface area contributed by atoms with Gasteiger partial charge in [0.15, 0.2) is 0 Å². The molecule has 0 saturated carbocycles. The largest absolute Gasteiger partial charge is 0.478 e. The number of nitrogens with zero attached hydrogens (tertiary/aromatic N) is 2. The zero-order valence-electron chi connectivity index (χ0n) is 7.10. The highest BCUT2D eigenvalue weighted by Gasteiger charge is 2.15. The second-order valence-electron chi connectivity index (χ2n) is 3.05. The van der Waals surface area contributed by atoms with Gasteiger partial charge in [0.1, 0.15) is 5.82 Å². The standard InChI is InChI=1S/C9H10N2O2/c12-9(13)7-2-3-8(10-6-7)11-4-1-5-11/h2-3,6H,1,4-5H2,(H,12,13). The molecule has 4 nitrogen and oxygen atoms in total. The van der Waals surface area contributed by atoms with Crippen LogP contribution in [-0.4, -0.2) is 29.1 Å². The van der Waals surface area contributed by atoms with Crippen molar-refractivity contribution in [3.63, 3.8) is 0 Å². The molecule has 0 radical (unpaired) electrons. The summed E-state index contributed by atoms with van der Waals surface area (Å²) in [6.07, 6.45) is 2.60. The van der Waals surface area contributed by atoms with Crippen LogP contribution in [0.25, 0.3) is 0 Å². The van der Waals surface area contributed by atoms with Gasteiger partial charge < -0.3 is 10.0 Å². The first-order valence-electron chi connectivity index (χ1n) is 4.21. The zero-order chi connectivity index (χ0) is 9.26. The predicted molar refractivity (Wildman–Crippen MR) is 48.0 cm³/mol. The molecule has 0 spiro atoms. The van der Waals surface area contributed by atoms with E-state index in [1.54, 1.807) is 12.1 Å². The average molecular weight is 178 g/mol. The first-order chi connectivity index (χ1) is 6.27. The lowest BCUT2D eigenvalue weighted by molar-refractivity contribution is 0.0696. The minimum Gasteiger partial charge on any atom is -0.478 e. The summed E-state index contributed by atoms with van der Waals surface area (Å²) < 4.78 is 0. The molecule has 1 aromatic rings. The van der Waals surface area contributed by atoms with E-state index in [0.717, 1.165) is 18.9 Å². The highest BCUT2D eigenvalue weighted by atomic mass is 16.4. The number of aromatic carboxylic acids is 1. The summed E-state index contributed by atoms with van der Waals surface area (Å²) >= 11 is 0. The minimum absolute atomic E-state index is 0.240.